The number of carbonyl (C=O) groups excluding carboxylic acids is 1. The van der Waals surface area contributed by atoms with Crippen molar-refractivity contribution in [2.75, 3.05) is 6.61 Å². The number of carboxylic acid groups (broad SMARTS) is 1. The lowest BCUT2D eigenvalue weighted by Gasteiger charge is -2.17. The molecule has 0 fully saturated rings. The van der Waals surface area contributed by atoms with Crippen LogP contribution >= 0.6 is 0 Å². The van der Waals surface area contributed by atoms with Crippen molar-refractivity contribution in [3.8, 4) is 5.75 Å². The zero-order valence-electron chi connectivity index (χ0n) is 14.3. The molecule has 1 amide bonds. The Kier molecular flexibility index (Phi) is 7.01. The summed E-state index contributed by atoms with van der Waals surface area (Å²) in [5.74, 6) is -0.728. The number of amides is 1. The Hall–Kier alpha value is -2.82. The summed E-state index contributed by atoms with van der Waals surface area (Å²) in [6.45, 7) is 2.05. The maximum absolute atomic E-state index is 12.6. The summed E-state index contributed by atoms with van der Waals surface area (Å²) >= 11 is 0. The maximum Gasteiger partial charge on any atom is 0.341 e. The molecule has 0 radical (unpaired) electrons. The zero-order valence-corrected chi connectivity index (χ0v) is 14.3. The van der Waals surface area contributed by atoms with Crippen molar-refractivity contribution in [1.29, 1.82) is 0 Å². The van der Waals surface area contributed by atoms with Crippen LogP contribution in [0.2, 0.25) is 0 Å². The molecule has 1 unspecified atom stereocenters. The van der Waals surface area contributed by atoms with E-state index in [2.05, 4.69) is 12.2 Å². The maximum atomic E-state index is 12.6. The molecule has 5 heteroatoms. The average Bonchev–Trinajstić information content (AvgIpc) is 2.63. The number of carbonyl (C=O) groups is 2. The van der Waals surface area contributed by atoms with Crippen LogP contribution in [0.1, 0.15) is 36.8 Å². The fourth-order valence-corrected chi connectivity index (χ4v) is 2.63. The van der Waals surface area contributed by atoms with Gasteiger partial charge in [0, 0.05) is 6.54 Å². The molecule has 0 saturated heterocycles. The minimum Gasteiger partial charge on any atom is -0.482 e. The van der Waals surface area contributed by atoms with Crippen molar-refractivity contribution >= 4 is 11.9 Å². The Balaban J connectivity index is 1.98. The van der Waals surface area contributed by atoms with Crippen LogP contribution < -0.4 is 10.1 Å². The van der Waals surface area contributed by atoms with Gasteiger partial charge in [-0.3, -0.25) is 4.79 Å². The summed E-state index contributed by atoms with van der Waals surface area (Å²) in [6.07, 6.45) is 1.71. The predicted molar refractivity (Wildman–Crippen MR) is 95.5 cm³/mol. The fraction of sp³-hybridized carbons (Fsp3) is 0.300. The molecule has 132 valence electrons. The van der Waals surface area contributed by atoms with Gasteiger partial charge in [-0.2, -0.15) is 0 Å². The number of rotatable bonds is 9. The standard InChI is InChI=1S/C20H23NO4/c1-2-7-18(16-9-4-3-5-10-16)20(24)21-13-15-8-6-11-17(12-15)25-14-19(22)23/h3-6,8-12,18H,2,7,13-14H2,1H3,(H,21,24)(H,22,23). The Morgan fingerprint density at radius 3 is 2.56 bits per heavy atom. The Morgan fingerprint density at radius 1 is 1.12 bits per heavy atom. The van der Waals surface area contributed by atoms with E-state index in [1.165, 1.54) is 0 Å². The largest absolute Gasteiger partial charge is 0.482 e. The molecule has 0 aliphatic rings. The van der Waals surface area contributed by atoms with Crippen LogP contribution in [0.5, 0.6) is 5.75 Å². The van der Waals surface area contributed by atoms with Crippen LogP contribution in [-0.4, -0.2) is 23.6 Å². The molecule has 0 heterocycles. The first-order valence-electron chi connectivity index (χ1n) is 8.36. The Morgan fingerprint density at radius 2 is 1.88 bits per heavy atom. The van der Waals surface area contributed by atoms with Gasteiger partial charge in [-0.1, -0.05) is 55.8 Å². The number of aliphatic carboxylic acids is 1. The van der Waals surface area contributed by atoms with E-state index in [4.69, 9.17) is 9.84 Å². The van der Waals surface area contributed by atoms with Gasteiger partial charge < -0.3 is 15.2 Å². The minimum atomic E-state index is -1.02. The van der Waals surface area contributed by atoms with Crippen molar-refractivity contribution in [3.63, 3.8) is 0 Å². The molecule has 5 nitrogen and oxygen atoms in total. The monoisotopic (exact) mass is 341 g/mol. The van der Waals surface area contributed by atoms with Crippen LogP contribution in [0.25, 0.3) is 0 Å². The van der Waals surface area contributed by atoms with E-state index in [0.29, 0.717) is 12.3 Å². The van der Waals surface area contributed by atoms with Crippen molar-refractivity contribution in [3.05, 3.63) is 65.7 Å². The molecule has 0 bridgehead atoms. The average molecular weight is 341 g/mol. The number of carboxylic acids is 1. The third-order valence-corrected chi connectivity index (χ3v) is 3.82. The zero-order chi connectivity index (χ0) is 18.1. The van der Waals surface area contributed by atoms with Gasteiger partial charge >= 0.3 is 5.97 Å². The third-order valence-electron chi connectivity index (χ3n) is 3.82. The number of ether oxygens (including phenoxy) is 1. The van der Waals surface area contributed by atoms with E-state index in [9.17, 15) is 9.59 Å². The number of benzene rings is 2. The first-order chi connectivity index (χ1) is 12.1. The summed E-state index contributed by atoms with van der Waals surface area (Å²) < 4.78 is 5.16. The molecule has 0 aliphatic carbocycles. The second kappa shape index (κ2) is 9.47. The lowest BCUT2D eigenvalue weighted by Crippen LogP contribution is -2.29. The van der Waals surface area contributed by atoms with E-state index in [1.54, 1.807) is 18.2 Å². The molecule has 0 spiro atoms. The highest BCUT2D eigenvalue weighted by molar-refractivity contribution is 5.83. The van der Waals surface area contributed by atoms with E-state index in [-0.39, 0.29) is 18.4 Å². The summed E-state index contributed by atoms with van der Waals surface area (Å²) in [4.78, 5) is 23.1. The Bertz CT molecular complexity index is 700. The molecule has 1 atom stereocenters. The second-order valence-corrected chi connectivity index (χ2v) is 5.80. The molecule has 2 rings (SSSR count). The number of nitrogens with one attached hydrogen (secondary N) is 1. The summed E-state index contributed by atoms with van der Waals surface area (Å²) in [5, 5.41) is 11.6. The predicted octanol–water partition coefficient (Wildman–Crippen LogP) is 3.35. The molecule has 0 aromatic heterocycles. The lowest BCUT2D eigenvalue weighted by atomic mass is 9.93. The van der Waals surface area contributed by atoms with Gasteiger partial charge in [-0.15, -0.1) is 0 Å². The van der Waals surface area contributed by atoms with Crippen molar-refractivity contribution in [2.24, 2.45) is 0 Å². The quantitative estimate of drug-likeness (QED) is 0.733. The van der Waals surface area contributed by atoms with Crippen LogP contribution in [0.3, 0.4) is 0 Å². The van der Waals surface area contributed by atoms with Gasteiger partial charge in [0.25, 0.3) is 0 Å². The van der Waals surface area contributed by atoms with E-state index >= 15 is 0 Å². The van der Waals surface area contributed by atoms with Crippen LogP contribution in [0.15, 0.2) is 54.6 Å². The van der Waals surface area contributed by atoms with E-state index in [1.807, 2.05) is 36.4 Å². The molecule has 2 aromatic rings. The van der Waals surface area contributed by atoms with Crippen LogP contribution in [0, 0.1) is 0 Å². The first kappa shape index (κ1) is 18.5. The molecule has 2 aromatic carbocycles. The highest BCUT2D eigenvalue weighted by Crippen LogP contribution is 2.21. The van der Waals surface area contributed by atoms with Gasteiger partial charge in [-0.05, 0) is 29.7 Å². The van der Waals surface area contributed by atoms with E-state index < -0.39 is 5.97 Å². The second-order valence-electron chi connectivity index (χ2n) is 5.80. The van der Waals surface area contributed by atoms with Gasteiger partial charge in [0.1, 0.15) is 5.75 Å². The molecular weight excluding hydrogens is 318 g/mol. The van der Waals surface area contributed by atoms with Crippen molar-refractivity contribution in [2.45, 2.75) is 32.2 Å². The molecule has 0 saturated carbocycles. The van der Waals surface area contributed by atoms with E-state index in [0.717, 1.165) is 24.0 Å². The van der Waals surface area contributed by atoms with Crippen LogP contribution in [0.4, 0.5) is 0 Å². The van der Waals surface area contributed by atoms with Crippen LogP contribution in [-0.2, 0) is 16.1 Å². The Labute approximate surface area is 147 Å². The highest BCUT2D eigenvalue weighted by Gasteiger charge is 2.19. The normalized spacial score (nSPS) is 11.6. The number of hydrogen-bond donors (Lipinski definition) is 2. The minimum absolute atomic E-state index is 0.00935. The molecular formula is C20H23NO4. The highest BCUT2D eigenvalue weighted by atomic mass is 16.5. The van der Waals surface area contributed by atoms with Gasteiger partial charge in [-0.25, -0.2) is 4.79 Å². The lowest BCUT2D eigenvalue weighted by molar-refractivity contribution is -0.139. The SMILES string of the molecule is CCCC(C(=O)NCc1cccc(OCC(=O)O)c1)c1ccccc1. The first-order valence-corrected chi connectivity index (χ1v) is 8.36. The van der Waals surface area contributed by atoms with Gasteiger partial charge in [0.15, 0.2) is 6.61 Å². The van der Waals surface area contributed by atoms with Crippen molar-refractivity contribution in [1.82, 2.24) is 5.32 Å². The van der Waals surface area contributed by atoms with Gasteiger partial charge in [0.2, 0.25) is 5.91 Å². The number of hydrogen-bond acceptors (Lipinski definition) is 3. The summed E-state index contributed by atoms with van der Waals surface area (Å²) in [7, 11) is 0. The van der Waals surface area contributed by atoms with Crippen molar-refractivity contribution < 1.29 is 19.4 Å². The topological polar surface area (TPSA) is 75.6 Å². The third kappa shape index (κ3) is 5.95. The molecule has 2 N–H and O–H groups in total. The molecule has 25 heavy (non-hydrogen) atoms. The van der Waals surface area contributed by atoms with Gasteiger partial charge in [0.05, 0.1) is 5.92 Å². The summed E-state index contributed by atoms with van der Waals surface area (Å²) in [6, 6.07) is 16.8. The smallest absolute Gasteiger partial charge is 0.341 e. The molecule has 0 aliphatic heterocycles. The fourth-order valence-electron chi connectivity index (χ4n) is 2.63. The summed E-state index contributed by atoms with van der Waals surface area (Å²) in [5.41, 5.74) is 1.87.